The van der Waals surface area contributed by atoms with Crippen LogP contribution < -0.4 is 5.32 Å². The van der Waals surface area contributed by atoms with E-state index in [1.165, 1.54) is 11.1 Å². The van der Waals surface area contributed by atoms with Gasteiger partial charge >= 0.3 is 0 Å². The highest BCUT2D eigenvalue weighted by atomic mass is 16.1. The molecular formula is C27H29N3O. The molecule has 1 aromatic heterocycles. The number of aromatic nitrogens is 2. The highest BCUT2D eigenvalue weighted by molar-refractivity contribution is 5.94. The molecule has 1 amide bonds. The van der Waals surface area contributed by atoms with E-state index >= 15 is 0 Å². The molecule has 158 valence electrons. The SMILES string of the molecule is Cc1cccc(C(=O)NCCCCCc2nc3ccccc3n2Cc2ccccc2)c1. The third-order valence-electron chi connectivity index (χ3n) is 5.56. The Labute approximate surface area is 183 Å². The Morgan fingerprint density at radius 3 is 2.55 bits per heavy atom. The molecule has 31 heavy (non-hydrogen) atoms. The zero-order valence-corrected chi connectivity index (χ0v) is 18.1. The minimum absolute atomic E-state index is 0.00773. The minimum atomic E-state index is 0.00773. The van der Waals surface area contributed by atoms with Crippen LogP contribution in [0.5, 0.6) is 0 Å². The van der Waals surface area contributed by atoms with E-state index in [9.17, 15) is 4.79 Å². The summed E-state index contributed by atoms with van der Waals surface area (Å²) in [5.74, 6) is 1.14. The van der Waals surface area contributed by atoms with E-state index in [2.05, 4.69) is 52.3 Å². The quantitative estimate of drug-likeness (QED) is 0.368. The number of hydrogen-bond acceptors (Lipinski definition) is 2. The predicted molar refractivity (Wildman–Crippen MR) is 126 cm³/mol. The number of nitrogens with one attached hydrogen (secondary N) is 1. The predicted octanol–water partition coefficient (Wildman–Crippen LogP) is 5.54. The van der Waals surface area contributed by atoms with E-state index in [1.54, 1.807) is 0 Å². The first-order chi connectivity index (χ1) is 15.2. The average Bonchev–Trinajstić information content (AvgIpc) is 3.14. The van der Waals surface area contributed by atoms with Gasteiger partial charge in [0.1, 0.15) is 5.82 Å². The Morgan fingerprint density at radius 1 is 0.903 bits per heavy atom. The number of carbonyl (C=O) groups is 1. The van der Waals surface area contributed by atoms with Gasteiger partial charge in [-0.3, -0.25) is 4.79 Å². The van der Waals surface area contributed by atoms with Gasteiger partial charge in [0.15, 0.2) is 0 Å². The van der Waals surface area contributed by atoms with Gasteiger partial charge < -0.3 is 9.88 Å². The van der Waals surface area contributed by atoms with Gasteiger partial charge in [-0.15, -0.1) is 0 Å². The van der Waals surface area contributed by atoms with Crippen LogP contribution in [0, 0.1) is 6.92 Å². The topological polar surface area (TPSA) is 46.9 Å². The maximum Gasteiger partial charge on any atom is 0.251 e. The second kappa shape index (κ2) is 10.1. The lowest BCUT2D eigenvalue weighted by molar-refractivity contribution is 0.0953. The molecule has 4 rings (SSSR count). The molecule has 0 bridgehead atoms. The number of amides is 1. The Balaban J connectivity index is 1.31. The summed E-state index contributed by atoms with van der Waals surface area (Å²) in [6.07, 6.45) is 4.02. The summed E-state index contributed by atoms with van der Waals surface area (Å²) in [6, 6.07) is 26.6. The molecule has 1 N–H and O–H groups in total. The molecule has 0 aliphatic rings. The van der Waals surface area contributed by atoms with Crippen molar-refractivity contribution in [1.82, 2.24) is 14.9 Å². The molecule has 0 spiro atoms. The summed E-state index contributed by atoms with van der Waals surface area (Å²) in [5.41, 5.74) is 5.36. The summed E-state index contributed by atoms with van der Waals surface area (Å²) >= 11 is 0. The molecule has 4 aromatic rings. The lowest BCUT2D eigenvalue weighted by Gasteiger charge is -2.10. The fourth-order valence-electron chi connectivity index (χ4n) is 3.93. The Bertz CT molecular complexity index is 1150. The third-order valence-corrected chi connectivity index (χ3v) is 5.56. The number of benzene rings is 3. The van der Waals surface area contributed by atoms with Gasteiger partial charge in [-0.25, -0.2) is 4.98 Å². The van der Waals surface area contributed by atoms with Crippen LogP contribution in [-0.2, 0) is 13.0 Å². The molecule has 0 unspecified atom stereocenters. The Morgan fingerprint density at radius 2 is 1.71 bits per heavy atom. The average molecular weight is 412 g/mol. The largest absolute Gasteiger partial charge is 0.352 e. The van der Waals surface area contributed by atoms with E-state index in [-0.39, 0.29) is 5.91 Å². The van der Waals surface area contributed by atoms with Crippen LogP contribution in [-0.4, -0.2) is 22.0 Å². The number of para-hydroxylation sites is 2. The Kier molecular flexibility index (Phi) is 6.78. The number of rotatable bonds is 9. The van der Waals surface area contributed by atoms with E-state index in [0.29, 0.717) is 6.54 Å². The van der Waals surface area contributed by atoms with E-state index in [1.807, 2.05) is 43.3 Å². The molecule has 4 nitrogen and oxygen atoms in total. The van der Waals surface area contributed by atoms with Crippen molar-refractivity contribution in [3.8, 4) is 0 Å². The number of fused-ring (bicyclic) bond motifs is 1. The molecule has 0 aliphatic carbocycles. The molecular weight excluding hydrogens is 382 g/mol. The van der Waals surface area contributed by atoms with Gasteiger partial charge in [-0.05, 0) is 49.6 Å². The highest BCUT2D eigenvalue weighted by Gasteiger charge is 2.11. The van der Waals surface area contributed by atoms with Crippen molar-refractivity contribution < 1.29 is 4.79 Å². The van der Waals surface area contributed by atoms with Gasteiger partial charge in [0, 0.05) is 25.1 Å². The zero-order chi connectivity index (χ0) is 21.5. The van der Waals surface area contributed by atoms with Crippen LogP contribution in [0.25, 0.3) is 11.0 Å². The fraction of sp³-hybridized carbons (Fsp3) is 0.259. The summed E-state index contributed by atoms with van der Waals surface area (Å²) in [6.45, 7) is 3.54. The van der Waals surface area contributed by atoms with Crippen molar-refractivity contribution in [2.24, 2.45) is 0 Å². The van der Waals surface area contributed by atoms with Gasteiger partial charge in [0.2, 0.25) is 0 Å². The summed E-state index contributed by atoms with van der Waals surface area (Å²) in [5, 5.41) is 3.03. The fourth-order valence-corrected chi connectivity index (χ4v) is 3.93. The van der Waals surface area contributed by atoms with E-state index in [4.69, 9.17) is 4.98 Å². The van der Waals surface area contributed by atoms with Gasteiger partial charge in [0.25, 0.3) is 5.91 Å². The normalized spacial score (nSPS) is 11.0. The van der Waals surface area contributed by atoms with E-state index < -0.39 is 0 Å². The number of nitrogens with zero attached hydrogens (tertiary/aromatic N) is 2. The van der Waals surface area contributed by atoms with Crippen LogP contribution in [0.2, 0.25) is 0 Å². The standard InChI is InChI=1S/C27H29N3O/c1-21-11-10-14-23(19-21)27(31)28-18-9-3-6-17-26-29-24-15-7-8-16-25(24)30(26)20-22-12-4-2-5-13-22/h2,4-5,7-8,10-16,19H,3,6,9,17-18,20H2,1H3,(H,28,31). The third kappa shape index (κ3) is 5.40. The maximum atomic E-state index is 12.2. The first kappa shape index (κ1) is 20.9. The van der Waals surface area contributed by atoms with Crippen LogP contribution in [0.3, 0.4) is 0 Å². The minimum Gasteiger partial charge on any atom is -0.352 e. The number of carbonyl (C=O) groups excluding carboxylic acids is 1. The molecule has 0 saturated carbocycles. The molecule has 0 atom stereocenters. The van der Waals surface area contributed by atoms with Gasteiger partial charge in [-0.2, -0.15) is 0 Å². The van der Waals surface area contributed by atoms with Crippen molar-refractivity contribution >= 4 is 16.9 Å². The molecule has 0 radical (unpaired) electrons. The van der Waals surface area contributed by atoms with Crippen molar-refractivity contribution in [2.75, 3.05) is 6.54 Å². The van der Waals surface area contributed by atoms with Crippen LogP contribution >= 0.6 is 0 Å². The monoisotopic (exact) mass is 411 g/mol. The molecule has 3 aromatic carbocycles. The van der Waals surface area contributed by atoms with Crippen molar-refractivity contribution in [1.29, 1.82) is 0 Å². The van der Waals surface area contributed by atoms with Crippen LogP contribution in [0.15, 0.2) is 78.9 Å². The second-order valence-electron chi connectivity index (χ2n) is 8.02. The lowest BCUT2D eigenvalue weighted by atomic mass is 10.1. The van der Waals surface area contributed by atoms with E-state index in [0.717, 1.165) is 54.7 Å². The van der Waals surface area contributed by atoms with Gasteiger partial charge in [-0.1, -0.05) is 66.6 Å². The van der Waals surface area contributed by atoms with Crippen molar-refractivity contribution in [2.45, 2.75) is 39.2 Å². The Hall–Kier alpha value is -3.40. The number of imidazole rings is 1. The first-order valence-electron chi connectivity index (χ1n) is 11.0. The van der Waals surface area contributed by atoms with Crippen LogP contribution in [0.4, 0.5) is 0 Å². The summed E-state index contributed by atoms with van der Waals surface area (Å²) in [7, 11) is 0. The first-order valence-corrected chi connectivity index (χ1v) is 11.0. The molecule has 0 aliphatic heterocycles. The van der Waals surface area contributed by atoms with Crippen molar-refractivity contribution in [3.05, 3.63) is 101 Å². The zero-order valence-electron chi connectivity index (χ0n) is 18.1. The molecule has 4 heteroatoms. The lowest BCUT2D eigenvalue weighted by Crippen LogP contribution is -2.24. The number of unbranched alkanes of at least 4 members (excludes halogenated alkanes) is 2. The molecule has 0 saturated heterocycles. The van der Waals surface area contributed by atoms with Gasteiger partial charge in [0.05, 0.1) is 11.0 Å². The summed E-state index contributed by atoms with van der Waals surface area (Å²) in [4.78, 5) is 17.1. The number of hydrogen-bond donors (Lipinski definition) is 1. The molecule has 0 fully saturated rings. The number of aryl methyl sites for hydroxylation is 2. The van der Waals surface area contributed by atoms with Crippen molar-refractivity contribution in [3.63, 3.8) is 0 Å². The van der Waals surface area contributed by atoms with Crippen LogP contribution in [0.1, 0.15) is 46.6 Å². The smallest absolute Gasteiger partial charge is 0.251 e. The highest BCUT2D eigenvalue weighted by Crippen LogP contribution is 2.19. The maximum absolute atomic E-state index is 12.2. The molecule has 1 heterocycles. The summed E-state index contributed by atoms with van der Waals surface area (Å²) < 4.78 is 2.34. The second-order valence-corrected chi connectivity index (χ2v) is 8.02.